The van der Waals surface area contributed by atoms with Crippen LogP contribution in [0.4, 0.5) is 15.6 Å². The fraction of sp³-hybridized carbons (Fsp3) is 0.0833. The lowest BCUT2D eigenvalue weighted by atomic mass is 10.2. The van der Waals surface area contributed by atoms with Gasteiger partial charge >= 0.3 is 12.0 Å². The zero-order valence-electron chi connectivity index (χ0n) is 10.6. The summed E-state index contributed by atoms with van der Waals surface area (Å²) in [5.41, 5.74) is 0.545. The van der Waals surface area contributed by atoms with Crippen molar-refractivity contribution in [2.45, 2.75) is 6.92 Å². The number of aromatic carboxylic acids is 1. The van der Waals surface area contributed by atoms with Gasteiger partial charge < -0.3 is 10.4 Å². The molecule has 1 aromatic heterocycles. The maximum atomic E-state index is 11.9. The van der Waals surface area contributed by atoms with E-state index in [-0.39, 0.29) is 21.3 Å². The number of aryl methyl sites for hydroxylation is 1. The van der Waals surface area contributed by atoms with Crippen molar-refractivity contribution < 1.29 is 14.7 Å². The number of hydrogen-bond donors (Lipinski definition) is 3. The SMILES string of the molecule is Cc1csc(NC(=O)Nc2c(Cl)cc(Cl)cc2C(=O)O)n1. The van der Waals surface area contributed by atoms with Crippen LogP contribution in [0.1, 0.15) is 16.1 Å². The number of benzene rings is 1. The summed E-state index contributed by atoms with van der Waals surface area (Å²) in [6.45, 7) is 1.79. The molecule has 0 unspecified atom stereocenters. The second-order valence-corrected chi connectivity index (χ2v) is 5.69. The third-order valence-electron chi connectivity index (χ3n) is 2.36. The molecule has 0 fully saturated rings. The van der Waals surface area contributed by atoms with Crippen LogP contribution in [-0.4, -0.2) is 22.1 Å². The molecule has 0 atom stereocenters. The Kier molecular flexibility index (Phi) is 4.66. The summed E-state index contributed by atoms with van der Waals surface area (Å²) in [4.78, 5) is 27.1. The molecular weight excluding hydrogens is 337 g/mol. The van der Waals surface area contributed by atoms with Gasteiger partial charge in [-0.05, 0) is 19.1 Å². The van der Waals surface area contributed by atoms with E-state index in [1.807, 2.05) is 0 Å². The Morgan fingerprint density at radius 3 is 2.57 bits per heavy atom. The van der Waals surface area contributed by atoms with E-state index >= 15 is 0 Å². The fourth-order valence-electron chi connectivity index (χ4n) is 1.52. The second kappa shape index (κ2) is 6.30. The number of urea groups is 1. The first kappa shape index (κ1) is 15.6. The summed E-state index contributed by atoms with van der Waals surface area (Å²) in [5.74, 6) is -1.25. The molecule has 6 nitrogen and oxygen atoms in total. The van der Waals surface area contributed by atoms with E-state index in [4.69, 9.17) is 28.3 Å². The Morgan fingerprint density at radius 2 is 2.00 bits per heavy atom. The van der Waals surface area contributed by atoms with E-state index in [0.29, 0.717) is 5.13 Å². The van der Waals surface area contributed by atoms with E-state index in [9.17, 15) is 9.59 Å². The van der Waals surface area contributed by atoms with Crippen LogP contribution in [0.5, 0.6) is 0 Å². The molecule has 0 saturated carbocycles. The smallest absolute Gasteiger partial charge is 0.337 e. The lowest BCUT2D eigenvalue weighted by Crippen LogP contribution is -2.21. The quantitative estimate of drug-likeness (QED) is 0.780. The summed E-state index contributed by atoms with van der Waals surface area (Å²) in [6, 6.07) is 1.91. The number of rotatable bonds is 3. The first-order valence-electron chi connectivity index (χ1n) is 5.59. The largest absolute Gasteiger partial charge is 0.478 e. The Balaban J connectivity index is 2.22. The highest BCUT2D eigenvalue weighted by Crippen LogP contribution is 2.30. The van der Waals surface area contributed by atoms with Crippen molar-refractivity contribution in [3.63, 3.8) is 0 Å². The number of thiazole rings is 1. The number of halogens is 2. The third kappa shape index (κ3) is 3.84. The highest BCUT2D eigenvalue weighted by Gasteiger charge is 2.17. The topological polar surface area (TPSA) is 91.3 Å². The molecule has 3 N–H and O–H groups in total. The van der Waals surface area contributed by atoms with Crippen LogP contribution < -0.4 is 10.6 Å². The number of anilines is 2. The predicted octanol–water partition coefficient (Wildman–Crippen LogP) is 4.10. The van der Waals surface area contributed by atoms with Crippen LogP contribution in [-0.2, 0) is 0 Å². The van der Waals surface area contributed by atoms with E-state index < -0.39 is 12.0 Å². The van der Waals surface area contributed by atoms with Crippen LogP contribution >= 0.6 is 34.5 Å². The van der Waals surface area contributed by atoms with Crippen molar-refractivity contribution in [1.82, 2.24) is 4.98 Å². The molecule has 0 radical (unpaired) electrons. The fourth-order valence-corrected chi connectivity index (χ4v) is 2.75. The second-order valence-electron chi connectivity index (χ2n) is 3.99. The molecule has 0 spiro atoms. The molecule has 0 bridgehead atoms. The Bertz CT molecular complexity index is 718. The number of carbonyl (C=O) groups is 2. The Labute approximate surface area is 133 Å². The number of hydrogen-bond acceptors (Lipinski definition) is 4. The molecule has 2 aromatic rings. The molecule has 0 aliphatic heterocycles. The van der Waals surface area contributed by atoms with E-state index in [2.05, 4.69) is 15.6 Å². The lowest BCUT2D eigenvalue weighted by Gasteiger charge is -2.11. The van der Waals surface area contributed by atoms with Gasteiger partial charge in [-0.15, -0.1) is 11.3 Å². The standard InChI is InChI=1S/C12H9Cl2N3O3S/c1-5-4-21-12(15-5)17-11(20)16-9-7(10(18)19)2-6(13)3-8(9)14/h2-4H,1H3,(H,18,19)(H2,15,16,17,20). The zero-order valence-corrected chi connectivity index (χ0v) is 12.9. The van der Waals surface area contributed by atoms with Crippen LogP contribution in [0.3, 0.4) is 0 Å². The van der Waals surface area contributed by atoms with Gasteiger partial charge in [0.05, 0.1) is 22.0 Å². The number of amides is 2. The molecule has 1 heterocycles. The number of carbonyl (C=O) groups excluding carboxylic acids is 1. The molecule has 2 rings (SSSR count). The molecule has 110 valence electrons. The van der Waals surface area contributed by atoms with Crippen LogP contribution in [0.25, 0.3) is 0 Å². The monoisotopic (exact) mass is 345 g/mol. The van der Waals surface area contributed by atoms with Crippen LogP contribution in [0.15, 0.2) is 17.5 Å². The summed E-state index contributed by atoms with van der Waals surface area (Å²) < 4.78 is 0. The van der Waals surface area contributed by atoms with Crippen molar-refractivity contribution in [1.29, 1.82) is 0 Å². The van der Waals surface area contributed by atoms with E-state index in [1.165, 1.54) is 23.5 Å². The van der Waals surface area contributed by atoms with Crippen molar-refractivity contribution in [3.8, 4) is 0 Å². The number of nitrogens with one attached hydrogen (secondary N) is 2. The van der Waals surface area contributed by atoms with Crippen LogP contribution in [0, 0.1) is 6.92 Å². The first-order chi connectivity index (χ1) is 9.86. The first-order valence-corrected chi connectivity index (χ1v) is 7.23. The molecule has 0 aliphatic rings. The summed E-state index contributed by atoms with van der Waals surface area (Å²) in [7, 11) is 0. The van der Waals surface area contributed by atoms with Gasteiger partial charge in [0, 0.05) is 10.4 Å². The van der Waals surface area contributed by atoms with Gasteiger partial charge in [0.15, 0.2) is 5.13 Å². The molecule has 9 heteroatoms. The molecule has 0 aliphatic carbocycles. The number of carboxylic acid groups (broad SMARTS) is 1. The summed E-state index contributed by atoms with van der Waals surface area (Å²) in [5, 5.41) is 16.4. The minimum Gasteiger partial charge on any atom is -0.478 e. The van der Waals surface area contributed by atoms with Gasteiger partial charge in [-0.25, -0.2) is 14.6 Å². The summed E-state index contributed by atoms with van der Waals surface area (Å²) >= 11 is 12.9. The number of aromatic nitrogens is 1. The maximum absolute atomic E-state index is 11.9. The molecule has 0 saturated heterocycles. The van der Waals surface area contributed by atoms with Gasteiger partial charge in [-0.2, -0.15) is 0 Å². The minimum absolute atomic E-state index is 0.0284. The van der Waals surface area contributed by atoms with Crippen molar-refractivity contribution in [2.75, 3.05) is 10.6 Å². The van der Waals surface area contributed by atoms with Gasteiger partial charge in [-0.1, -0.05) is 23.2 Å². The minimum atomic E-state index is -1.25. The predicted molar refractivity (Wildman–Crippen MR) is 82.9 cm³/mol. The molecule has 2 amide bonds. The van der Waals surface area contributed by atoms with Crippen molar-refractivity contribution in [2.24, 2.45) is 0 Å². The molecule has 1 aromatic carbocycles. The highest BCUT2D eigenvalue weighted by atomic mass is 35.5. The van der Waals surface area contributed by atoms with Gasteiger partial charge in [0.25, 0.3) is 0 Å². The summed E-state index contributed by atoms with van der Waals surface area (Å²) in [6.07, 6.45) is 0. The highest BCUT2D eigenvalue weighted by molar-refractivity contribution is 7.13. The molecular formula is C12H9Cl2N3O3S. The average molecular weight is 346 g/mol. The molecule has 21 heavy (non-hydrogen) atoms. The van der Waals surface area contributed by atoms with Crippen molar-refractivity contribution in [3.05, 3.63) is 38.8 Å². The van der Waals surface area contributed by atoms with E-state index in [1.54, 1.807) is 12.3 Å². The normalized spacial score (nSPS) is 10.2. The van der Waals surface area contributed by atoms with Gasteiger partial charge in [0.2, 0.25) is 0 Å². The Hall–Kier alpha value is -1.83. The number of carboxylic acids is 1. The van der Waals surface area contributed by atoms with Crippen LogP contribution in [0.2, 0.25) is 10.0 Å². The van der Waals surface area contributed by atoms with Gasteiger partial charge in [-0.3, -0.25) is 5.32 Å². The lowest BCUT2D eigenvalue weighted by molar-refractivity contribution is 0.0698. The zero-order chi connectivity index (χ0) is 15.6. The van der Waals surface area contributed by atoms with E-state index in [0.717, 1.165) is 5.69 Å². The third-order valence-corrected chi connectivity index (χ3v) is 3.76. The van der Waals surface area contributed by atoms with Crippen molar-refractivity contribution >= 4 is 57.4 Å². The Morgan fingerprint density at radius 1 is 1.29 bits per heavy atom. The average Bonchev–Trinajstić information content (AvgIpc) is 2.77. The maximum Gasteiger partial charge on any atom is 0.337 e. The number of nitrogens with zero attached hydrogens (tertiary/aromatic N) is 1. The van der Waals surface area contributed by atoms with Gasteiger partial charge in [0.1, 0.15) is 0 Å².